The lowest BCUT2D eigenvalue weighted by atomic mass is 9.99. The second kappa shape index (κ2) is 4.42. The van der Waals surface area contributed by atoms with Crippen molar-refractivity contribution < 1.29 is 0 Å². The lowest BCUT2D eigenvalue weighted by Crippen LogP contribution is -1.86. The van der Waals surface area contributed by atoms with Gasteiger partial charge < -0.3 is 0 Å². The van der Waals surface area contributed by atoms with Crippen molar-refractivity contribution in [3.05, 3.63) is 90.3 Å². The Balaban J connectivity index is 2.06. The van der Waals surface area contributed by atoms with E-state index in [9.17, 15) is 0 Å². The number of hydrogen-bond acceptors (Lipinski definition) is 0. The summed E-state index contributed by atoms with van der Waals surface area (Å²) in [4.78, 5) is 0. The Bertz CT molecular complexity index is 618. The van der Waals surface area contributed by atoms with Gasteiger partial charge in [-0.2, -0.15) is 0 Å². The zero-order chi connectivity index (χ0) is 11.5. The first-order valence-electron chi connectivity index (χ1n) is 5.81. The third-order valence-corrected chi connectivity index (χ3v) is 2.95. The second-order valence-electron chi connectivity index (χ2n) is 4.12. The summed E-state index contributed by atoms with van der Waals surface area (Å²) in [6.07, 6.45) is 2.22. The molecule has 0 fully saturated rings. The lowest BCUT2D eigenvalue weighted by Gasteiger charge is -2.06. The summed E-state index contributed by atoms with van der Waals surface area (Å²) in [6.45, 7) is 0. The monoisotopic (exact) mass is 217 g/mol. The molecule has 0 aliphatic carbocycles. The fourth-order valence-corrected chi connectivity index (χ4v) is 2.11. The van der Waals surface area contributed by atoms with E-state index in [0.717, 1.165) is 0 Å². The van der Waals surface area contributed by atoms with Gasteiger partial charge in [-0.1, -0.05) is 72.8 Å². The molecule has 0 aromatic heterocycles. The highest BCUT2D eigenvalue weighted by Crippen LogP contribution is 2.22. The van der Waals surface area contributed by atoms with Gasteiger partial charge in [-0.3, -0.25) is 0 Å². The number of hydrogen-bond donors (Lipinski definition) is 0. The van der Waals surface area contributed by atoms with Gasteiger partial charge in [-0.05, 0) is 21.9 Å². The molecule has 0 unspecified atom stereocenters. The molecule has 0 atom stereocenters. The van der Waals surface area contributed by atoms with Crippen LogP contribution in [0.1, 0.15) is 11.1 Å². The van der Waals surface area contributed by atoms with Crippen molar-refractivity contribution in [3.63, 3.8) is 0 Å². The molecule has 0 bridgehead atoms. The van der Waals surface area contributed by atoms with Crippen LogP contribution in [0, 0.1) is 6.42 Å². The molecule has 0 heteroatoms. The van der Waals surface area contributed by atoms with E-state index in [1.165, 1.54) is 21.9 Å². The Labute approximate surface area is 102 Å². The van der Waals surface area contributed by atoms with Crippen LogP contribution in [0.4, 0.5) is 0 Å². The van der Waals surface area contributed by atoms with Crippen LogP contribution in [0.5, 0.6) is 0 Å². The molecular weight excluding hydrogens is 204 g/mol. The van der Waals surface area contributed by atoms with Gasteiger partial charge in [0.1, 0.15) is 0 Å². The molecule has 17 heavy (non-hydrogen) atoms. The van der Waals surface area contributed by atoms with Gasteiger partial charge in [0.05, 0.1) is 0 Å². The largest absolute Gasteiger partial charge is 0.0622 e. The van der Waals surface area contributed by atoms with E-state index >= 15 is 0 Å². The Hall–Kier alpha value is -2.08. The topological polar surface area (TPSA) is 0 Å². The van der Waals surface area contributed by atoms with Crippen molar-refractivity contribution in [2.45, 2.75) is 0 Å². The van der Waals surface area contributed by atoms with Crippen LogP contribution in [0.25, 0.3) is 10.8 Å². The summed E-state index contributed by atoms with van der Waals surface area (Å²) < 4.78 is 0. The molecule has 3 aromatic carbocycles. The number of benzene rings is 3. The van der Waals surface area contributed by atoms with E-state index < -0.39 is 0 Å². The third kappa shape index (κ3) is 2.07. The van der Waals surface area contributed by atoms with Crippen LogP contribution in [0.3, 0.4) is 0 Å². The van der Waals surface area contributed by atoms with Crippen LogP contribution in [-0.2, 0) is 0 Å². The first kappa shape index (κ1) is 10.1. The summed E-state index contributed by atoms with van der Waals surface area (Å²) in [5.74, 6) is 0. The van der Waals surface area contributed by atoms with Crippen molar-refractivity contribution in [2.24, 2.45) is 0 Å². The van der Waals surface area contributed by atoms with E-state index in [2.05, 4.69) is 73.2 Å². The molecule has 0 saturated heterocycles. The Kier molecular flexibility index (Phi) is 2.63. The molecule has 0 aliphatic rings. The van der Waals surface area contributed by atoms with Crippen molar-refractivity contribution in [3.8, 4) is 0 Å². The van der Waals surface area contributed by atoms with E-state index in [1.807, 2.05) is 6.07 Å². The van der Waals surface area contributed by atoms with Crippen molar-refractivity contribution in [1.82, 2.24) is 0 Å². The highest BCUT2D eigenvalue weighted by molar-refractivity contribution is 5.87. The molecule has 0 N–H and O–H groups in total. The maximum absolute atomic E-state index is 2.22. The quantitative estimate of drug-likeness (QED) is 0.595. The maximum atomic E-state index is 2.22. The molecule has 81 valence electrons. The van der Waals surface area contributed by atoms with Gasteiger partial charge in [-0.15, -0.1) is 0 Å². The maximum Gasteiger partial charge on any atom is 0.0205 e. The predicted octanol–water partition coefficient (Wildman–Crippen LogP) is 4.44. The van der Waals surface area contributed by atoms with Gasteiger partial charge in [0, 0.05) is 6.42 Å². The van der Waals surface area contributed by atoms with Gasteiger partial charge in [0.2, 0.25) is 0 Å². The minimum atomic E-state index is 1.24. The van der Waals surface area contributed by atoms with Crippen LogP contribution in [0.15, 0.2) is 72.8 Å². The minimum Gasteiger partial charge on any atom is -0.0622 e. The van der Waals surface area contributed by atoms with E-state index in [1.54, 1.807) is 0 Å². The second-order valence-corrected chi connectivity index (χ2v) is 4.12. The van der Waals surface area contributed by atoms with Crippen molar-refractivity contribution in [1.29, 1.82) is 0 Å². The van der Waals surface area contributed by atoms with E-state index in [4.69, 9.17) is 0 Å². The SMILES string of the molecule is [CH](c1ccccc1)c1cccc2ccccc12. The molecule has 3 aromatic rings. The van der Waals surface area contributed by atoms with Gasteiger partial charge in [-0.25, -0.2) is 0 Å². The molecule has 0 nitrogen and oxygen atoms in total. The van der Waals surface area contributed by atoms with E-state index in [0.29, 0.717) is 0 Å². The average Bonchev–Trinajstić information content (AvgIpc) is 2.40. The minimum absolute atomic E-state index is 1.24. The highest BCUT2D eigenvalue weighted by Gasteiger charge is 2.01. The fraction of sp³-hybridized carbons (Fsp3) is 0. The zero-order valence-electron chi connectivity index (χ0n) is 9.51. The number of rotatable bonds is 2. The molecule has 1 radical (unpaired) electrons. The van der Waals surface area contributed by atoms with E-state index in [-0.39, 0.29) is 0 Å². The predicted molar refractivity (Wildman–Crippen MR) is 72.9 cm³/mol. The Morgan fingerprint density at radius 2 is 1.29 bits per heavy atom. The lowest BCUT2D eigenvalue weighted by molar-refractivity contribution is 1.46. The van der Waals surface area contributed by atoms with Crippen LogP contribution >= 0.6 is 0 Å². The zero-order valence-corrected chi connectivity index (χ0v) is 9.51. The number of fused-ring (bicyclic) bond motifs is 1. The molecule has 0 saturated carbocycles. The highest BCUT2D eigenvalue weighted by atomic mass is 14.0. The van der Waals surface area contributed by atoms with Crippen LogP contribution in [-0.4, -0.2) is 0 Å². The third-order valence-electron chi connectivity index (χ3n) is 2.95. The summed E-state index contributed by atoms with van der Waals surface area (Å²) in [6, 6.07) is 25.3. The van der Waals surface area contributed by atoms with Gasteiger partial charge >= 0.3 is 0 Å². The van der Waals surface area contributed by atoms with Gasteiger partial charge in [0.25, 0.3) is 0 Å². The standard InChI is InChI=1S/C17H13/c1-2-7-14(8-3-1)13-16-11-6-10-15-9-4-5-12-17(15)16/h1-13H. The molecule has 0 aliphatic heterocycles. The molecule has 0 amide bonds. The smallest absolute Gasteiger partial charge is 0.0205 e. The molecular formula is C17H13. The summed E-state index contributed by atoms with van der Waals surface area (Å²) >= 11 is 0. The summed E-state index contributed by atoms with van der Waals surface area (Å²) in [5, 5.41) is 2.59. The van der Waals surface area contributed by atoms with Crippen LogP contribution < -0.4 is 0 Å². The fourth-order valence-electron chi connectivity index (χ4n) is 2.11. The van der Waals surface area contributed by atoms with Gasteiger partial charge in [0.15, 0.2) is 0 Å². The Morgan fingerprint density at radius 1 is 0.588 bits per heavy atom. The molecule has 3 rings (SSSR count). The van der Waals surface area contributed by atoms with Crippen LogP contribution in [0.2, 0.25) is 0 Å². The first-order chi connectivity index (χ1) is 8.43. The summed E-state index contributed by atoms with van der Waals surface area (Å²) in [7, 11) is 0. The molecule has 0 heterocycles. The summed E-state index contributed by atoms with van der Waals surface area (Å²) in [5.41, 5.74) is 2.51. The average molecular weight is 217 g/mol. The van der Waals surface area contributed by atoms with Crippen molar-refractivity contribution in [2.75, 3.05) is 0 Å². The first-order valence-corrected chi connectivity index (χ1v) is 5.81. The Morgan fingerprint density at radius 3 is 2.18 bits per heavy atom. The normalized spacial score (nSPS) is 10.6. The molecule has 0 spiro atoms. The van der Waals surface area contributed by atoms with Crippen molar-refractivity contribution >= 4 is 10.8 Å².